The van der Waals surface area contributed by atoms with Crippen LogP contribution in [-0.2, 0) is 21.4 Å². The largest absolute Gasteiger partial charge is 0.468 e. The normalized spacial score (nSPS) is 11.6. The predicted octanol–water partition coefficient (Wildman–Crippen LogP) is 3.57. The van der Waals surface area contributed by atoms with Gasteiger partial charge in [0.25, 0.3) is 0 Å². The number of nitrogens with one attached hydrogen (secondary N) is 1. The molecular weight excluding hydrogens is 447 g/mol. The minimum Gasteiger partial charge on any atom is -0.468 e. The Kier molecular flexibility index (Phi) is 6.44. The number of benzene rings is 1. The number of hydrogen-bond acceptors (Lipinski definition) is 5. The number of nitrogens with zero attached hydrogens (tertiary/aromatic N) is 2. The fraction of sp³-hybridized carbons (Fsp3) is 0.111. The molecule has 0 saturated carbocycles. The van der Waals surface area contributed by atoms with Crippen LogP contribution in [0, 0.1) is 17.5 Å². The predicted molar refractivity (Wildman–Crippen MR) is 100 cm³/mol. The highest BCUT2D eigenvalue weighted by Crippen LogP contribution is 2.22. The van der Waals surface area contributed by atoms with E-state index in [4.69, 9.17) is 16.0 Å². The van der Waals surface area contributed by atoms with Crippen molar-refractivity contribution in [2.45, 2.75) is 11.4 Å². The number of rotatable bonds is 7. The second-order valence-corrected chi connectivity index (χ2v) is 8.27. The summed E-state index contributed by atoms with van der Waals surface area (Å²) in [5.74, 6) is -5.56. The molecule has 0 aliphatic carbocycles. The lowest BCUT2D eigenvalue weighted by atomic mass is 10.2. The molecule has 2 heterocycles. The van der Waals surface area contributed by atoms with Crippen LogP contribution in [0.15, 0.2) is 58.2 Å². The van der Waals surface area contributed by atoms with Crippen molar-refractivity contribution in [1.82, 2.24) is 9.29 Å². The number of furan rings is 1. The molecule has 0 aliphatic heterocycles. The number of anilines is 1. The summed E-state index contributed by atoms with van der Waals surface area (Å²) in [4.78, 5) is 15.8. The van der Waals surface area contributed by atoms with Crippen molar-refractivity contribution < 1.29 is 30.8 Å². The van der Waals surface area contributed by atoms with Crippen LogP contribution in [0.2, 0.25) is 5.15 Å². The first-order valence-electron chi connectivity index (χ1n) is 8.26. The quantitative estimate of drug-likeness (QED) is 0.430. The van der Waals surface area contributed by atoms with E-state index in [2.05, 4.69) is 4.98 Å². The van der Waals surface area contributed by atoms with Gasteiger partial charge in [0.05, 0.1) is 25.0 Å². The zero-order valence-electron chi connectivity index (χ0n) is 15.0. The van der Waals surface area contributed by atoms with Crippen LogP contribution in [0.3, 0.4) is 0 Å². The number of pyridine rings is 1. The van der Waals surface area contributed by atoms with Gasteiger partial charge in [-0.05, 0) is 36.4 Å². The summed E-state index contributed by atoms with van der Waals surface area (Å²) in [5.41, 5.74) is -0.637. The lowest BCUT2D eigenvalue weighted by Gasteiger charge is -2.21. The van der Waals surface area contributed by atoms with Gasteiger partial charge in [0.15, 0.2) is 17.5 Å². The summed E-state index contributed by atoms with van der Waals surface area (Å²) < 4.78 is 72.0. The van der Waals surface area contributed by atoms with Gasteiger partial charge < -0.3 is 9.73 Å². The molecule has 0 bridgehead atoms. The van der Waals surface area contributed by atoms with E-state index >= 15 is 0 Å². The second kappa shape index (κ2) is 8.86. The Morgan fingerprint density at radius 3 is 2.53 bits per heavy atom. The number of hydrogen-bond donors (Lipinski definition) is 1. The monoisotopic (exact) mass is 459 g/mol. The number of carbonyl (C=O) groups excluding carboxylic acids is 1. The van der Waals surface area contributed by atoms with Crippen LogP contribution in [0.5, 0.6) is 0 Å². The molecule has 12 heteroatoms. The van der Waals surface area contributed by atoms with E-state index < -0.39 is 45.6 Å². The molecule has 0 spiro atoms. The molecule has 30 heavy (non-hydrogen) atoms. The minimum atomic E-state index is -4.24. The molecule has 0 atom stereocenters. The average Bonchev–Trinajstić information content (AvgIpc) is 3.21. The molecule has 0 saturated heterocycles. The van der Waals surface area contributed by atoms with Crippen molar-refractivity contribution in [3.8, 4) is 0 Å². The minimum absolute atomic E-state index is 0.0677. The van der Waals surface area contributed by atoms with Crippen LogP contribution in [0.25, 0.3) is 0 Å². The number of carbonyl (C=O) groups is 1. The first-order valence-corrected chi connectivity index (χ1v) is 10.1. The lowest BCUT2D eigenvalue weighted by Crippen LogP contribution is -2.37. The topological polar surface area (TPSA) is 92.5 Å². The fourth-order valence-corrected chi connectivity index (χ4v) is 3.86. The van der Waals surface area contributed by atoms with Crippen molar-refractivity contribution in [3.05, 3.63) is 77.2 Å². The Morgan fingerprint density at radius 2 is 1.90 bits per heavy atom. The van der Waals surface area contributed by atoms with Crippen LogP contribution < -0.4 is 5.32 Å². The molecular formula is C18H13ClF3N3O4S. The van der Waals surface area contributed by atoms with Gasteiger partial charge >= 0.3 is 0 Å². The molecule has 0 aliphatic rings. The first-order chi connectivity index (χ1) is 14.2. The van der Waals surface area contributed by atoms with E-state index in [1.807, 2.05) is 5.32 Å². The standard InChI is InChI=1S/C18H13ClF3N3O4S/c19-15-6-3-12(8-23-15)30(27,28)25(9-11-2-1-7-29-11)10-16(26)24-14-5-4-13(20)17(21)18(14)22/h1-8H,9-10H2,(H,24,26). The number of aromatic nitrogens is 1. The highest BCUT2D eigenvalue weighted by molar-refractivity contribution is 7.89. The Balaban J connectivity index is 1.86. The maximum Gasteiger partial charge on any atom is 0.245 e. The maximum atomic E-state index is 13.8. The molecule has 2 aromatic heterocycles. The molecule has 1 N–H and O–H groups in total. The van der Waals surface area contributed by atoms with Crippen LogP contribution in [0.1, 0.15) is 5.76 Å². The molecule has 158 valence electrons. The van der Waals surface area contributed by atoms with Gasteiger partial charge in [0.2, 0.25) is 15.9 Å². The van der Waals surface area contributed by atoms with E-state index in [0.717, 1.165) is 16.6 Å². The lowest BCUT2D eigenvalue weighted by molar-refractivity contribution is -0.116. The van der Waals surface area contributed by atoms with E-state index in [9.17, 15) is 26.4 Å². The third-order valence-corrected chi connectivity index (χ3v) is 5.88. The SMILES string of the molecule is O=C(CN(Cc1ccco1)S(=O)(=O)c1ccc(Cl)nc1)Nc1ccc(F)c(F)c1F. The van der Waals surface area contributed by atoms with E-state index in [1.165, 1.54) is 30.5 Å². The van der Waals surface area contributed by atoms with Crippen molar-refractivity contribution in [2.24, 2.45) is 0 Å². The van der Waals surface area contributed by atoms with Gasteiger partial charge in [-0.25, -0.2) is 26.6 Å². The number of sulfonamides is 1. The summed E-state index contributed by atoms with van der Waals surface area (Å²) >= 11 is 5.68. The first kappa shape index (κ1) is 21.8. The molecule has 0 unspecified atom stereocenters. The summed E-state index contributed by atoms with van der Waals surface area (Å²) in [6, 6.07) is 6.93. The second-order valence-electron chi connectivity index (χ2n) is 5.94. The van der Waals surface area contributed by atoms with Crippen molar-refractivity contribution in [3.63, 3.8) is 0 Å². The third kappa shape index (κ3) is 4.81. The zero-order valence-corrected chi connectivity index (χ0v) is 16.6. The van der Waals surface area contributed by atoms with Gasteiger partial charge in [-0.2, -0.15) is 4.31 Å². The van der Waals surface area contributed by atoms with E-state index in [-0.39, 0.29) is 22.4 Å². The number of amides is 1. The van der Waals surface area contributed by atoms with Gasteiger partial charge in [-0.15, -0.1) is 0 Å². The smallest absolute Gasteiger partial charge is 0.245 e. The van der Waals surface area contributed by atoms with Gasteiger partial charge in [0.1, 0.15) is 15.8 Å². The fourth-order valence-electron chi connectivity index (χ4n) is 2.44. The molecule has 0 fully saturated rings. The molecule has 1 aromatic carbocycles. The summed E-state index contributed by atoms with van der Waals surface area (Å²) in [7, 11) is -4.24. The Hall–Kier alpha value is -2.89. The Bertz CT molecular complexity index is 1160. The molecule has 1 amide bonds. The summed E-state index contributed by atoms with van der Waals surface area (Å²) in [5, 5.41) is 2.09. The van der Waals surface area contributed by atoms with Gasteiger partial charge in [-0.3, -0.25) is 4.79 Å². The molecule has 3 aromatic rings. The maximum absolute atomic E-state index is 13.8. The summed E-state index contributed by atoms with van der Waals surface area (Å²) in [6.07, 6.45) is 2.33. The third-order valence-electron chi connectivity index (χ3n) is 3.88. The van der Waals surface area contributed by atoms with E-state index in [1.54, 1.807) is 0 Å². The highest BCUT2D eigenvalue weighted by atomic mass is 35.5. The number of halogens is 4. The summed E-state index contributed by atoms with van der Waals surface area (Å²) in [6.45, 7) is -1.10. The van der Waals surface area contributed by atoms with E-state index in [0.29, 0.717) is 6.07 Å². The van der Waals surface area contributed by atoms with Gasteiger partial charge in [0, 0.05) is 6.20 Å². The van der Waals surface area contributed by atoms with Crippen LogP contribution in [0.4, 0.5) is 18.9 Å². The molecule has 0 radical (unpaired) electrons. The molecule has 7 nitrogen and oxygen atoms in total. The van der Waals surface area contributed by atoms with Crippen LogP contribution >= 0.6 is 11.6 Å². The Labute approximate surface area is 174 Å². The molecule has 3 rings (SSSR count). The van der Waals surface area contributed by atoms with Crippen molar-refractivity contribution >= 4 is 33.2 Å². The average molecular weight is 460 g/mol. The van der Waals surface area contributed by atoms with Gasteiger partial charge in [-0.1, -0.05) is 11.6 Å². The van der Waals surface area contributed by atoms with Crippen molar-refractivity contribution in [1.29, 1.82) is 0 Å². The van der Waals surface area contributed by atoms with Crippen LogP contribution in [-0.4, -0.2) is 30.2 Å². The zero-order chi connectivity index (χ0) is 21.9. The van der Waals surface area contributed by atoms with Crippen molar-refractivity contribution in [2.75, 3.05) is 11.9 Å². The highest BCUT2D eigenvalue weighted by Gasteiger charge is 2.28. The Morgan fingerprint density at radius 1 is 1.13 bits per heavy atom.